The molecule has 2 heterocycles. The quantitative estimate of drug-likeness (QED) is 0.572. The van der Waals surface area contributed by atoms with Gasteiger partial charge in [0.15, 0.2) is 0 Å². The monoisotopic (exact) mass is 492 g/mol. The summed E-state index contributed by atoms with van der Waals surface area (Å²) in [5, 5.41) is 2.73. The highest BCUT2D eigenvalue weighted by Gasteiger charge is 2.39. The molecule has 1 saturated heterocycles. The first-order valence-corrected chi connectivity index (χ1v) is 10.8. The first kappa shape index (κ1) is 23.6. The van der Waals surface area contributed by atoms with Gasteiger partial charge in [-0.25, -0.2) is 18.0 Å². The smallest absolute Gasteiger partial charge is 0.323 e. The topological polar surface area (TPSA) is 97.4 Å². The minimum Gasteiger partial charge on any atom is -0.351 e. The number of nitrogens with two attached hydrogens (primary N) is 1. The Morgan fingerprint density at radius 3 is 2.65 bits per heavy atom. The van der Waals surface area contributed by atoms with E-state index in [0.717, 1.165) is 15.5 Å². The third kappa shape index (κ3) is 4.58. The van der Waals surface area contributed by atoms with E-state index in [9.17, 15) is 27.6 Å². The van der Waals surface area contributed by atoms with E-state index in [0.29, 0.717) is 16.5 Å². The molecule has 0 unspecified atom stereocenters. The Balaban J connectivity index is 1.52. The molecule has 11 heteroatoms. The van der Waals surface area contributed by atoms with E-state index >= 15 is 0 Å². The number of halogens is 4. The second-order valence-corrected chi connectivity index (χ2v) is 8.43. The molecule has 34 heavy (non-hydrogen) atoms. The average molecular weight is 493 g/mol. The van der Waals surface area contributed by atoms with E-state index in [2.05, 4.69) is 5.32 Å². The van der Waals surface area contributed by atoms with Crippen LogP contribution in [0.15, 0.2) is 42.6 Å². The van der Waals surface area contributed by atoms with Crippen molar-refractivity contribution in [1.29, 1.82) is 0 Å². The SMILES string of the molecule is NC(=O)n1cc(CC(=O)N2C[C@H](F)C[C@H]2C(=O)NCc2cccc(Cl)c2F)c2cc(F)ccc21. The van der Waals surface area contributed by atoms with Crippen LogP contribution in [-0.4, -0.2) is 46.1 Å². The molecule has 2 atom stereocenters. The van der Waals surface area contributed by atoms with E-state index in [4.69, 9.17) is 17.3 Å². The van der Waals surface area contributed by atoms with Gasteiger partial charge in [-0.3, -0.25) is 14.2 Å². The molecule has 1 aliphatic heterocycles. The molecular weight excluding hydrogens is 473 g/mol. The van der Waals surface area contributed by atoms with Crippen LogP contribution >= 0.6 is 11.6 Å². The summed E-state index contributed by atoms with van der Waals surface area (Å²) in [6, 6.07) is 6.12. The van der Waals surface area contributed by atoms with Gasteiger partial charge in [-0.2, -0.15) is 0 Å². The fourth-order valence-electron chi connectivity index (χ4n) is 4.15. The number of hydrogen-bond donors (Lipinski definition) is 2. The number of alkyl halides is 1. The number of fused-ring (bicyclic) bond motifs is 1. The normalized spacial score (nSPS) is 17.8. The van der Waals surface area contributed by atoms with Gasteiger partial charge in [0, 0.05) is 30.1 Å². The van der Waals surface area contributed by atoms with Gasteiger partial charge in [0.2, 0.25) is 11.8 Å². The van der Waals surface area contributed by atoms with Gasteiger partial charge in [-0.1, -0.05) is 23.7 Å². The van der Waals surface area contributed by atoms with Crippen molar-refractivity contribution in [3.8, 4) is 0 Å². The molecule has 1 fully saturated rings. The van der Waals surface area contributed by atoms with Crippen LogP contribution in [0.5, 0.6) is 0 Å². The van der Waals surface area contributed by atoms with Crippen LogP contribution in [0.1, 0.15) is 17.5 Å². The zero-order chi connectivity index (χ0) is 24.6. The van der Waals surface area contributed by atoms with Gasteiger partial charge in [0.05, 0.1) is 23.5 Å². The van der Waals surface area contributed by atoms with Crippen LogP contribution in [0.2, 0.25) is 5.02 Å². The predicted octanol–water partition coefficient (Wildman–Crippen LogP) is 3.30. The molecule has 0 saturated carbocycles. The maximum atomic E-state index is 14.2. The van der Waals surface area contributed by atoms with Crippen LogP contribution in [0.25, 0.3) is 10.9 Å². The van der Waals surface area contributed by atoms with Gasteiger partial charge in [-0.05, 0) is 29.8 Å². The van der Waals surface area contributed by atoms with E-state index in [-0.39, 0.29) is 36.5 Å². The molecule has 4 rings (SSSR count). The van der Waals surface area contributed by atoms with Crippen molar-refractivity contribution in [3.05, 3.63) is 70.4 Å². The second-order valence-electron chi connectivity index (χ2n) is 8.03. The molecule has 3 aromatic rings. The van der Waals surface area contributed by atoms with Crippen molar-refractivity contribution < 1.29 is 27.6 Å². The van der Waals surface area contributed by atoms with Gasteiger partial charge in [0.25, 0.3) is 0 Å². The van der Waals surface area contributed by atoms with Gasteiger partial charge in [0.1, 0.15) is 23.8 Å². The highest BCUT2D eigenvalue weighted by Crippen LogP contribution is 2.26. The Kier molecular flexibility index (Phi) is 6.52. The van der Waals surface area contributed by atoms with Crippen molar-refractivity contribution in [2.24, 2.45) is 5.73 Å². The number of likely N-dealkylation sites (tertiary alicyclic amines) is 1. The Morgan fingerprint density at radius 2 is 1.91 bits per heavy atom. The molecule has 3 amide bonds. The van der Waals surface area contributed by atoms with Crippen molar-refractivity contribution in [2.45, 2.75) is 31.6 Å². The number of primary amides is 1. The summed E-state index contributed by atoms with van der Waals surface area (Å²) in [5.41, 5.74) is 6.14. The number of rotatable bonds is 5. The summed E-state index contributed by atoms with van der Waals surface area (Å²) in [5.74, 6) is -2.47. The summed E-state index contributed by atoms with van der Waals surface area (Å²) in [4.78, 5) is 38.6. The average Bonchev–Trinajstić information content (AvgIpc) is 3.35. The maximum Gasteiger partial charge on any atom is 0.323 e. The van der Waals surface area contributed by atoms with Gasteiger partial charge >= 0.3 is 6.03 Å². The maximum absolute atomic E-state index is 14.2. The molecule has 0 aliphatic carbocycles. The minimum atomic E-state index is -1.42. The number of nitrogens with one attached hydrogen (secondary N) is 1. The first-order valence-electron chi connectivity index (χ1n) is 10.4. The number of carbonyl (C=O) groups is 3. The summed E-state index contributed by atoms with van der Waals surface area (Å²) in [6.45, 7) is -0.489. The lowest BCUT2D eigenvalue weighted by molar-refractivity contribution is -0.138. The Morgan fingerprint density at radius 1 is 1.15 bits per heavy atom. The Labute approximate surface area is 197 Å². The molecule has 7 nitrogen and oxygen atoms in total. The molecule has 178 valence electrons. The van der Waals surface area contributed by atoms with Crippen molar-refractivity contribution >= 4 is 40.3 Å². The standard InChI is InChI=1S/C23H20ClF3N4O3/c24-17-3-1-2-12(21(17)27)9-29-22(33)19-8-15(26)11-30(19)20(32)6-13-10-31(23(28)34)18-5-4-14(25)7-16(13)18/h1-5,7,10,15,19H,6,8-9,11H2,(H2,28,34)(H,29,33)/t15-,19+/m1/s1. The molecule has 0 spiro atoms. The van der Waals surface area contributed by atoms with Crippen molar-refractivity contribution in [3.63, 3.8) is 0 Å². The molecule has 0 radical (unpaired) electrons. The highest BCUT2D eigenvalue weighted by atomic mass is 35.5. The van der Waals surface area contributed by atoms with E-state index < -0.39 is 41.7 Å². The lowest BCUT2D eigenvalue weighted by atomic mass is 10.1. The molecule has 2 aromatic carbocycles. The lowest BCUT2D eigenvalue weighted by Gasteiger charge is -2.23. The highest BCUT2D eigenvalue weighted by molar-refractivity contribution is 6.30. The molecule has 0 bridgehead atoms. The molecule has 1 aliphatic rings. The summed E-state index contributed by atoms with van der Waals surface area (Å²) >= 11 is 5.75. The van der Waals surface area contributed by atoms with E-state index in [1.807, 2.05) is 0 Å². The first-order chi connectivity index (χ1) is 16.2. The largest absolute Gasteiger partial charge is 0.351 e. The number of amides is 3. The number of nitrogens with zero attached hydrogens (tertiary/aromatic N) is 2. The van der Waals surface area contributed by atoms with Crippen LogP contribution in [-0.2, 0) is 22.6 Å². The fourth-order valence-corrected chi connectivity index (χ4v) is 4.35. The molecule has 1 aromatic heterocycles. The predicted molar refractivity (Wildman–Crippen MR) is 119 cm³/mol. The van der Waals surface area contributed by atoms with E-state index in [1.54, 1.807) is 0 Å². The van der Waals surface area contributed by atoms with Crippen molar-refractivity contribution in [1.82, 2.24) is 14.8 Å². The number of carbonyl (C=O) groups excluding carboxylic acids is 3. The fraction of sp³-hybridized carbons (Fsp3) is 0.261. The van der Waals surface area contributed by atoms with Crippen LogP contribution in [0, 0.1) is 11.6 Å². The summed E-state index contributed by atoms with van der Waals surface area (Å²) < 4.78 is 43.2. The summed E-state index contributed by atoms with van der Waals surface area (Å²) in [6.07, 6.45) is -0.621. The third-order valence-corrected chi connectivity index (χ3v) is 6.08. The van der Waals surface area contributed by atoms with E-state index in [1.165, 1.54) is 36.5 Å². The van der Waals surface area contributed by atoms with Gasteiger partial charge in [-0.15, -0.1) is 0 Å². The molecule has 3 N–H and O–H groups in total. The van der Waals surface area contributed by atoms with Crippen LogP contribution in [0.3, 0.4) is 0 Å². The number of hydrogen-bond acceptors (Lipinski definition) is 3. The Hall–Kier alpha value is -3.53. The van der Waals surface area contributed by atoms with Gasteiger partial charge < -0.3 is 16.0 Å². The number of benzene rings is 2. The second kappa shape index (κ2) is 9.38. The zero-order valence-corrected chi connectivity index (χ0v) is 18.5. The summed E-state index contributed by atoms with van der Waals surface area (Å²) in [7, 11) is 0. The minimum absolute atomic E-state index is 0.0974. The third-order valence-electron chi connectivity index (χ3n) is 5.79. The Bertz CT molecular complexity index is 1300. The number of aromatic nitrogens is 1. The van der Waals surface area contributed by atoms with Crippen LogP contribution < -0.4 is 11.1 Å². The lowest BCUT2D eigenvalue weighted by Crippen LogP contribution is -2.46. The van der Waals surface area contributed by atoms with Crippen molar-refractivity contribution in [2.75, 3.05) is 6.54 Å². The molecular formula is C23H20ClF3N4O3. The zero-order valence-electron chi connectivity index (χ0n) is 17.7. The van der Waals surface area contributed by atoms with Crippen LogP contribution in [0.4, 0.5) is 18.0 Å².